The van der Waals surface area contributed by atoms with E-state index in [0.29, 0.717) is 12.8 Å². The molecular weight excluding hydrogens is 925 g/mol. The summed E-state index contributed by atoms with van der Waals surface area (Å²) in [4.78, 5) is 38.0. The molecule has 0 radical (unpaired) electrons. The number of ether oxygens (including phenoxy) is 3. The fourth-order valence-electron chi connectivity index (χ4n) is 9.13. The van der Waals surface area contributed by atoms with Gasteiger partial charge in [-0.1, -0.05) is 305 Å². The second-order valence-electron chi connectivity index (χ2n) is 21.3. The Morgan fingerprint density at radius 3 is 0.813 bits per heavy atom. The van der Waals surface area contributed by atoms with E-state index in [0.717, 1.165) is 109 Å². The maximum Gasteiger partial charge on any atom is 0.306 e. The summed E-state index contributed by atoms with van der Waals surface area (Å²) < 4.78 is 16.8. The molecule has 0 N–H and O–H groups in total. The van der Waals surface area contributed by atoms with Crippen LogP contribution in [0.1, 0.15) is 316 Å². The summed E-state index contributed by atoms with van der Waals surface area (Å²) >= 11 is 0. The Morgan fingerprint density at radius 1 is 0.280 bits per heavy atom. The van der Waals surface area contributed by atoms with Crippen LogP contribution >= 0.6 is 0 Å². The minimum Gasteiger partial charge on any atom is -0.462 e. The van der Waals surface area contributed by atoms with Gasteiger partial charge < -0.3 is 14.2 Å². The first kappa shape index (κ1) is 71.6. The summed E-state index contributed by atoms with van der Waals surface area (Å²) in [5.74, 6) is -0.920. The number of allylic oxidation sites excluding steroid dienone is 14. The molecule has 0 saturated heterocycles. The van der Waals surface area contributed by atoms with Crippen LogP contribution < -0.4 is 0 Å². The molecule has 0 saturated carbocycles. The number of unbranched alkanes of at least 4 members (excludes halogenated alkanes) is 33. The minimum atomic E-state index is -0.791. The van der Waals surface area contributed by atoms with E-state index in [2.05, 4.69) is 106 Å². The standard InChI is InChI=1S/C69H120O6/c1-4-7-10-13-16-18-20-22-24-26-28-30-32-34-36-37-39-41-43-45-47-49-51-53-56-59-62-68(71)74-65-66(64-73-67(70)61-58-55-15-12-9-6-3)75-69(72)63-60-57-54-52-50-48-46-44-42-40-38-35-33-31-29-27-25-23-21-19-17-14-11-8-5-2/h8,11,17,19,23,25,29,31,35,38,42,44,48,50,66H,4-7,9-10,12-16,18,20-22,24,26-28,30,32-34,36-37,39-41,43,45-47,49,51-65H2,1-3H3/b11-8-,19-17-,25-23-,31-29-,38-35-,44-42-,50-48-. The van der Waals surface area contributed by atoms with Gasteiger partial charge in [-0.3, -0.25) is 14.4 Å². The van der Waals surface area contributed by atoms with Crippen molar-refractivity contribution in [3.05, 3.63) is 85.1 Å². The summed E-state index contributed by atoms with van der Waals surface area (Å²) in [6.07, 6.45) is 83.5. The molecule has 432 valence electrons. The van der Waals surface area contributed by atoms with Gasteiger partial charge in [-0.15, -0.1) is 0 Å². The van der Waals surface area contributed by atoms with Crippen LogP contribution in [0.4, 0.5) is 0 Å². The third-order valence-electron chi connectivity index (χ3n) is 13.9. The van der Waals surface area contributed by atoms with Crippen LogP contribution in [0.15, 0.2) is 85.1 Å². The summed E-state index contributed by atoms with van der Waals surface area (Å²) in [6.45, 7) is 6.47. The lowest BCUT2D eigenvalue weighted by atomic mass is 10.0. The van der Waals surface area contributed by atoms with Crippen molar-refractivity contribution in [1.29, 1.82) is 0 Å². The molecule has 6 nitrogen and oxygen atoms in total. The summed E-state index contributed by atoms with van der Waals surface area (Å²) in [7, 11) is 0. The molecule has 0 rings (SSSR count). The van der Waals surface area contributed by atoms with Gasteiger partial charge in [0.25, 0.3) is 0 Å². The van der Waals surface area contributed by atoms with Crippen LogP contribution in [0.3, 0.4) is 0 Å². The van der Waals surface area contributed by atoms with Crippen LogP contribution in [-0.4, -0.2) is 37.2 Å². The van der Waals surface area contributed by atoms with Crippen molar-refractivity contribution in [2.24, 2.45) is 0 Å². The molecule has 6 heteroatoms. The predicted molar refractivity (Wildman–Crippen MR) is 325 cm³/mol. The zero-order chi connectivity index (χ0) is 54.3. The first-order chi connectivity index (χ1) is 37.0. The molecule has 0 aliphatic carbocycles. The molecule has 0 bridgehead atoms. The Labute approximate surface area is 465 Å². The highest BCUT2D eigenvalue weighted by atomic mass is 16.6. The molecule has 0 heterocycles. The van der Waals surface area contributed by atoms with E-state index in [1.807, 2.05) is 0 Å². The fourth-order valence-corrected chi connectivity index (χ4v) is 9.13. The molecule has 1 unspecified atom stereocenters. The van der Waals surface area contributed by atoms with Gasteiger partial charge in [0.2, 0.25) is 0 Å². The molecule has 0 fully saturated rings. The van der Waals surface area contributed by atoms with E-state index < -0.39 is 6.10 Å². The first-order valence-corrected chi connectivity index (χ1v) is 32.1. The van der Waals surface area contributed by atoms with Crippen molar-refractivity contribution in [1.82, 2.24) is 0 Å². The van der Waals surface area contributed by atoms with E-state index in [-0.39, 0.29) is 37.5 Å². The van der Waals surface area contributed by atoms with Gasteiger partial charge in [0, 0.05) is 19.3 Å². The lowest BCUT2D eigenvalue weighted by molar-refractivity contribution is -0.167. The molecule has 0 aromatic heterocycles. The lowest BCUT2D eigenvalue weighted by Gasteiger charge is -2.18. The van der Waals surface area contributed by atoms with Gasteiger partial charge in [-0.2, -0.15) is 0 Å². The predicted octanol–water partition coefficient (Wildman–Crippen LogP) is 21.9. The molecule has 0 aromatic carbocycles. The zero-order valence-corrected chi connectivity index (χ0v) is 49.6. The van der Waals surface area contributed by atoms with Gasteiger partial charge in [-0.05, 0) is 77.0 Å². The molecule has 0 aliphatic rings. The topological polar surface area (TPSA) is 78.9 Å². The monoisotopic (exact) mass is 1040 g/mol. The third kappa shape index (κ3) is 61.3. The normalized spacial score (nSPS) is 12.6. The average Bonchev–Trinajstić information content (AvgIpc) is 3.41. The van der Waals surface area contributed by atoms with E-state index in [1.54, 1.807) is 0 Å². The Hall–Kier alpha value is -3.41. The molecule has 0 aliphatic heterocycles. The number of hydrogen-bond acceptors (Lipinski definition) is 6. The van der Waals surface area contributed by atoms with Crippen molar-refractivity contribution in [3.8, 4) is 0 Å². The molecule has 0 aromatic rings. The number of carbonyl (C=O) groups excluding carboxylic acids is 3. The van der Waals surface area contributed by atoms with Crippen molar-refractivity contribution >= 4 is 17.9 Å². The van der Waals surface area contributed by atoms with Crippen molar-refractivity contribution in [2.75, 3.05) is 13.2 Å². The van der Waals surface area contributed by atoms with Gasteiger partial charge in [0.1, 0.15) is 13.2 Å². The Balaban J connectivity index is 4.14. The maximum atomic E-state index is 12.8. The second-order valence-corrected chi connectivity index (χ2v) is 21.3. The maximum absolute atomic E-state index is 12.8. The van der Waals surface area contributed by atoms with Gasteiger partial charge in [0.05, 0.1) is 0 Å². The SMILES string of the molecule is CC/C=C\C/C=C\C/C=C\C/C=C\C/C=C\C/C=C\C/C=C\CCCCCC(=O)OC(COC(=O)CCCCCCCC)COC(=O)CCCCCCCCCCCCCCCCCCCCCCCCCCCC. The van der Waals surface area contributed by atoms with E-state index >= 15 is 0 Å². The second kappa shape index (κ2) is 63.1. The summed E-state index contributed by atoms with van der Waals surface area (Å²) in [6, 6.07) is 0. The number of rotatable bonds is 58. The van der Waals surface area contributed by atoms with E-state index in [9.17, 15) is 14.4 Å². The largest absolute Gasteiger partial charge is 0.462 e. The molecule has 75 heavy (non-hydrogen) atoms. The van der Waals surface area contributed by atoms with Gasteiger partial charge in [0.15, 0.2) is 6.10 Å². The van der Waals surface area contributed by atoms with Crippen LogP contribution in [0.25, 0.3) is 0 Å². The quantitative estimate of drug-likeness (QED) is 0.0261. The van der Waals surface area contributed by atoms with Crippen LogP contribution in [0, 0.1) is 0 Å². The number of hydrogen-bond donors (Lipinski definition) is 0. The van der Waals surface area contributed by atoms with Gasteiger partial charge in [-0.25, -0.2) is 0 Å². The van der Waals surface area contributed by atoms with Crippen LogP contribution in [0.5, 0.6) is 0 Å². The Kier molecular flexibility index (Phi) is 60.3. The third-order valence-corrected chi connectivity index (χ3v) is 13.9. The summed E-state index contributed by atoms with van der Waals surface area (Å²) in [5.41, 5.74) is 0. The number of carbonyl (C=O) groups is 3. The average molecular weight is 1050 g/mol. The lowest BCUT2D eigenvalue weighted by Crippen LogP contribution is -2.30. The Bertz CT molecular complexity index is 1430. The van der Waals surface area contributed by atoms with E-state index in [1.165, 1.54) is 167 Å². The molecule has 0 amide bonds. The van der Waals surface area contributed by atoms with Crippen LogP contribution in [0.2, 0.25) is 0 Å². The first-order valence-electron chi connectivity index (χ1n) is 32.1. The van der Waals surface area contributed by atoms with Crippen molar-refractivity contribution in [3.63, 3.8) is 0 Å². The fraction of sp³-hybridized carbons (Fsp3) is 0.754. The highest BCUT2D eigenvalue weighted by Crippen LogP contribution is 2.17. The minimum absolute atomic E-state index is 0.0874. The van der Waals surface area contributed by atoms with E-state index in [4.69, 9.17) is 14.2 Å². The smallest absolute Gasteiger partial charge is 0.306 e. The highest BCUT2D eigenvalue weighted by Gasteiger charge is 2.19. The highest BCUT2D eigenvalue weighted by molar-refractivity contribution is 5.71. The molecule has 1 atom stereocenters. The van der Waals surface area contributed by atoms with Gasteiger partial charge >= 0.3 is 17.9 Å². The number of esters is 3. The molecule has 0 spiro atoms. The van der Waals surface area contributed by atoms with Crippen LogP contribution in [-0.2, 0) is 28.6 Å². The zero-order valence-electron chi connectivity index (χ0n) is 49.6. The summed E-state index contributed by atoms with van der Waals surface area (Å²) in [5, 5.41) is 0. The van der Waals surface area contributed by atoms with Crippen molar-refractivity contribution in [2.45, 2.75) is 322 Å². The van der Waals surface area contributed by atoms with Crippen molar-refractivity contribution < 1.29 is 28.6 Å². The molecular formula is C69H120O6. The Morgan fingerprint density at radius 2 is 0.520 bits per heavy atom.